The van der Waals surface area contributed by atoms with Gasteiger partial charge in [-0.3, -0.25) is 14.8 Å². The van der Waals surface area contributed by atoms with Crippen LogP contribution in [0.3, 0.4) is 0 Å². The molecule has 2 atom stereocenters. The third-order valence-corrected chi connectivity index (χ3v) is 6.04. The van der Waals surface area contributed by atoms with Crippen LogP contribution in [0.5, 0.6) is 0 Å². The number of hydrogen-bond acceptors (Lipinski definition) is 4. The molecule has 142 valence electrons. The van der Waals surface area contributed by atoms with Crippen molar-refractivity contribution in [2.45, 2.75) is 18.9 Å². The van der Waals surface area contributed by atoms with E-state index in [1.54, 1.807) is 6.20 Å². The average Bonchev–Trinajstić information content (AvgIpc) is 3.16. The van der Waals surface area contributed by atoms with Gasteiger partial charge in [0.15, 0.2) is 0 Å². The molecule has 1 fully saturated rings. The second-order valence-corrected chi connectivity index (χ2v) is 7.85. The van der Waals surface area contributed by atoms with Crippen LogP contribution in [0, 0.1) is 5.92 Å². The molecule has 2 aliphatic rings. The zero-order valence-corrected chi connectivity index (χ0v) is 15.8. The highest BCUT2D eigenvalue weighted by Crippen LogP contribution is 2.48. The van der Waals surface area contributed by atoms with Crippen molar-refractivity contribution in [3.8, 4) is 5.69 Å². The molecule has 3 aromatic heterocycles. The summed E-state index contributed by atoms with van der Waals surface area (Å²) < 4.78 is 1.83. The summed E-state index contributed by atoms with van der Waals surface area (Å²) in [4.78, 5) is 24.0. The molecule has 0 saturated heterocycles. The van der Waals surface area contributed by atoms with Crippen molar-refractivity contribution in [1.82, 2.24) is 24.6 Å². The SMILES string of the molecule is O=C1c2cccc(-n3cccn3)c2CN1CC1CC1c1cc2ncccc2cn1. The molecule has 6 rings (SSSR count). The minimum Gasteiger partial charge on any atom is -0.334 e. The molecule has 0 N–H and O–H groups in total. The number of hydrogen-bond donors (Lipinski definition) is 0. The lowest BCUT2D eigenvalue weighted by Crippen LogP contribution is -2.26. The molecule has 29 heavy (non-hydrogen) atoms. The predicted molar refractivity (Wildman–Crippen MR) is 109 cm³/mol. The highest BCUT2D eigenvalue weighted by Gasteiger charge is 2.43. The van der Waals surface area contributed by atoms with Gasteiger partial charge < -0.3 is 4.90 Å². The van der Waals surface area contributed by atoms with Crippen LogP contribution in [0.15, 0.2) is 67.3 Å². The summed E-state index contributed by atoms with van der Waals surface area (Å²) in [6.45, 7) is 1.40. The van der Waals surface area contributed by atoms with Crippen molar-refractivity contribution >= 4 is 16.8 Å². The van der Waals surface area contributed by atoms with Gasteiger partial charge in [0.2, 0.25) is 0 Å². The summed E-state index contributed by atoms with van der Waals surface area (Å²) in [5, 5.41) is 5.40. The third-order valence-electron chi connectivity index (χ3n) is 6.04. The van der Waals surface area contributed by atoms with Gasteiger partial charge in [-0.2, -0.15) is 5.10 Å². The fourth-order valence-corrected chi connectivity index (χ4v) is 4.43. The highest BCUT2D eigenvalue weighted by atomic mass is 16.2. The van der Waals surface area contributed by atoms with Crippen molar-refractivity contribution in [3.63, 3.8) is 0 Å². The number of benzene rings is 1. The Kier molecular flexibility index (Phi) is 3.53. The first-order valence-corrected chi connectivity index (χ1v) is 9.90. The zero-order chi connectivity index (χ0) is 19.4. The van der Waals surface area contributed by atoms with E-state index in [-0.39, 0.29) is 5.91 Å². The fraction of sp³-hybridized carbons (Fsp3) is 0.217. The van der Waals surface area contributed by atoms with Gasteiger partial charge in [-0.15, -0.1) is 0 Å². The molecule has 0 bridgehead atoms. The Balaban J connectivity index is 1.21. The zero-order valence-electron chi connectivity index (χ0n) is 15.8. The maximum absolute atomic E-state index is 13.0. The van der Waals surface area contributed by atoms with E-state index >= 15 is 0 Å². The summed E-state index contributed by atoms with van der Waals surface area (Å²) >= 11 is 0. The van der Waals surface area contributed by atoms with Crippen LogP contribution < -0.4 is 0 Å². The number of nitrogens with zero attached hydrogens (tertiary/aromatic N) is 5. The van der Waals surface area contributed by atoms with E-state index in [1.165, 1.54) is 0 Å². The molecule has 4 aromatic rings. The molecule has 1 aromatic carbocycles. The maximum Gasteiger partial charge on any atom is 0.254 e. The molecule has 1 amide bonds. The topological polar surface area (TPSA) is 63.9 Å². The van der Waals surface area contributed by atoms with Crippen LogP contribution >= 0.6 is 0 Å². The Morgan fingerprint density at radius 2 is 2.03 bits per heavy atom. The van der Waals surface area contributed by atoms with Crippen LogP contribution in [0.4, 0.5) is 0 Å². The first kappa shape index (κ1) is 16.4. The summed E-state index contributed by atoms with van der Waals surface area (Å²) in [5.41, 5.74) is 4.91. The predicted octanol–water partition coefficient (Wildman–Crippen LogP) is 3.58. The Bertz CT molecular complexity index is 1230. The fourth-order valence-electron chi connectivity index (χ4n) is 4.43. The van der Waals surface area contributed by atoms with Crippen LogP contribution in [0.2, 0.25) is 0 Å². The molecule has 1 aliphatic carbocycles. The Morgan fingerprint density at radius 3 is 2.93 bits per heavy atom. The average molecular weight is 381 g/mol. The van der Waals surface area contributed by atoms with E-state index in [2.05, 4.69) is 21.1 Å². The molecular formula is C23H19N5O. The van der Waals surface area contributed by atoms with Crippen molar-refractivity contribution in [2.75, 3.05) is 6.54 Å². The standard InChI is InChI=1S/C23H19N5O/c29-23-17-5-1-6-22(28-9-3-8-26-28)19(17)14-27(23)13-16-10-18(16)21-11-20-15(12-25-21)4-2-7-24-20/h1-9,11-12,16,18H,10,13-14H2. The van der Waals surface area contributed by atoms with Crippen molar-refractivity contribution in [1.29, 1.82) is 0 Å². The molecule has 1 saturated carbocycles. The minimum atomic E-state index is 0.118. The van der Waals surface area contributed by atoms with Gasteiger partial charge in [-0.05, 0) is 48.7 Å². The van der Waals surface area contributed by atoms with Gasteiger partial charge in [0.05, 0.1) is 11.2 Å². The molecular weight excluding hydrogens is 362 g/mol. The third kappa shape index (κ3) is 2.71. The van der Waals surface area contributed by atoms with Gasteiger partial charge in [0.1, 0.15) is 0 Å². The van der Waals surface area contributed by atoms with E-state index in [1.807, 2.05) is 64.6 Å². The smallest absolute Gasteiger partial charge is 0.254 e. The number of carbonyl (C=O) groups is 1. The minimum absolute atomic E-state index is 0.118. The summed E-state index contributed by atoms with van der Waals surface area (Å²) in [7, 11) is 0. The van der Waals surface area contributed by atoms with Gasteiger partial charge in [0.25, 0.3) is 5.91 Å². The number of aromatic nitrogens is 4. The number of carbonyl (C=O) groups excluding carboxylic acids is 1. The number of rotatable bonds is 4. The van der Waals surface area contributed by atoms with Crippen LogP contribution in [0.25, 0.3) is 16.6 Å². The molecule has 6 nitrogen and oxygen atoms in total. The summed E-state index contributed by atoms with van der Waals surface area (Å²) in [5.74, 6) is 0.978. The molecule has 6 heteroatoms. The summed E-state index contributed by atoms with van der Waals surface area (Å²) in [6.07, 6.45) is 8.46. The second-order valence-electron chi connectivity index (χ2n) is 7.85. The van der Waals surface area contributed by atoms with Crippen LogP contribution in [-0.4, -0.2) is 37.1 Å². The van der Waals surface area contributed by atoms with E-state index in [0.29, 0.717) is 18.4 Å². The molecule has 0 spiro atoms. The number of pyridine rings is 2. The maximum atomic E-state index is 13.0. The van der Waals surface area contributed by atoms with Crippen LogP contribution in [0.1, 0.15) is 34.0 Å². The quantitative estimate of drug-likeness (QED) is 0.542. The van der Waals surface area contributed by atoms with E-state index in [0.717, 1.165) is 46.4 Å². The number of amides is 1. The lowest BCUT2D eigenvalue weighted by molar-refractivity contribution is 0.0770. The second kappa shape index (κ2) is 6.24. The van der Waals surface area contributed by atoms with Gasteiger partial charge in [0, 0.05) is 66.0 Å². The summed E-state index contributed by atoms with van der Waals surface area (Å²) in [6, 6.07) is 13.8. The van der Waals surface area contributed by atoms with E-state index < -0.39 is 0 Å². The molecule has 4 heterocycles. The van der Waals surface area contributed by atoms with Crippen molar-refractivity contribution < 1.29 is 4.79 Å². The normalized spacial score (nSPS) is 20.3. The largest absolute Gasteiger partial charge is 0.334 e. The molecule has 1 aliphatic heterocycles. The first-order valence-electron chi connectivity index (χ1n) is 9.90. The Labute approximate surface area is 167 Å². The van der Waals surface area contributed by atoms with Crippen LogP contribution in [-0.2, 0) is 6.54 Å². The van der Waals surface area contributed by atoms with Gasteiger partial charge >= 0.3 is 0 Å². The van der Waals surface area contributed by atoms with Gasteiger partial charge in [-0.25, -0.2) is 4.68 Å². The van der Waals surface area contributed by atoms with Gasteiger partial charge in [-0.1, -0.05) is 6.07 Å². The Hall–Kier alpha value is -3.54. The lowest BCUT2D eigenvalue weighted by atomic mass is 10.1. The monoisotopic (exact) mass is 381 g/mol. The Morgan fingerprint density at radius 1 is 1.07 bits per heavy atom. The first-order chi connectivity index (χ1) is 14.3. The molecule has 0 radical (unpaired) electrons. The van der Waals surface area contributed by atoms with E-state index in [9.17, 15) is 4.79 Å². The van der Waals surface area contributed by atoms with E-state index in [4.69, 9.17) is 0 Å². The number of fused-ring (bicyclic) bond motifs is 2. The molecule has 2 unspecified atom stereocenters. The highest BCUT2D eigenvalue weighted by molar-refractivity contribution is 5.99. The van der Waals surface area contributed by atoms with Crippen molar-refractivity contribution in [2.24, 2.45) is 5.92 Å². The lowest BCUT2D eigenvalue weighted by Gasteiger charge is -2.15. The van der Waals surface area contributed by atoms with Crippen molar-refractivity contribution in [3.05, 3.63) is 84.1 Å².